The van der Waals surface area contributed by atoms with E-state index in [2.05, 4.69) is 20.1 Å². The van der Waals surface area contributed by atoms with Crippen molar-refractivity contribution in [2.75, 3.05) is 39.9 Å². The number of aromatic nitrogens is 3. The van der Waals surface area contributed by atoms with Gasteiger partial charge in [0.05, 0.1) is 56.1 Å². The van der Waals surface area contributed by atoms with Crippen LogP contribution in [0, 0.1) is 11.1 Å². The first-order valence-corrected chi connectivity index (χ1v) is 25.4. The van der Waals surface area contributed by atoms with Gasteiger partial charge in [-0.2, -0.15) is 4.73 Å². The summed E-state index contributed by atoms with van der Waals surface area (Å²) >= 11 is 12.8. The molecule has 3 amide bonds. The zero-order chi connectivity index (χ0) is 51.2. The van der Waals surface area contributed by atoms with Crippen LogP contribution in [0.3, 0.4) is 0 Å². The van der Waals surface area contributed by atoms with Crippen molar-refractivity contribution >= 4 is 46.9 Å². The molecule has 0 unspecified atom stereocenters. The van der Waals surface area contributed by atoms with Gasteiger partial charge in [0.15, 0.2) is 11.9 Å². The molecular weight excluding hydrogens is 960 g/mol. The van der Waals surface area contributed by atoms with Crippen LogP contribution in [-0.2, 0) is 61.6 Å². The summed E-state index contributed by atoms with van der Waals surface area (Å²) < 4.78 is 20.4. The summed E-state index contributed by atoms with van der Waals surface area (Å²) in [4.78, 5) is 66.8. The minimum Gasteiger partial charge on any atom is -0.619 e. The van der Waals surface area contributed by atoms with Crippen LogP contribution in [0.2, 0.25) is 10.0 Å². The summed E-state index contributed by atoms with van der Waals surface area (Å²) in [5.41, 5.74) is 1.86. The second kappa shape index (κ2) is 22.8. The number of imidazole rings is 1. The third-order valence-corrected chi connectivity index (χ3v) is 14.6. The number of benzene rings is 3. The Morgan fingerprint density at radius 1 is 0.944 bits per heavy atom. The number of amides is 3. The number of hydrogen-bond acceptors (Lipinski definition) is 11. The lowest BCUT2D eigenvalue weighted by Gasteiger charge is -2.45. The fourth-order valence-electron chi connectivity index (χ4n) is 10.2. The highest BCUT2D eigenvalue weighted by Gasteiger charge is 2.50. The van der Waals surface area contributed by atoms with E-state index >= 15 is 0 Å². The van der Waals surface area contributed by atoms with E-state index < -0.39 is 41.1 Å². The fourth-order valence-corrected chi connectivity index (χ4v) is 10.5. The lowest BCUT2D eigenvalue weighted by molar-refractivity contribution is -0.614. The Kier molecular flexibility index (Phi) is 16.6. The number of piperidine rings is 1. The number of likely N-dealkylation sites (tertiary alicyclic amines) is 2. The Balaban J connectivity index is 0.958. The molecule has 0 radical (unpaired) electrons. The van der Waals surface area contributed by atoms with Gasteiger partial charge in [0, 0.05) is 66.4 Å². The van der Waals surface area contributed by atoms with Crippen molar-refractivity contribution in [1.82, 2.24) is 34.9 Å². The smallest absolute Gasteiger partial charge is 0.306 e. The van der Waals surface area contributed by atoms with Crippen LogP contribution in [0.1, 0.15) is 75.5 Å². The molecular formula is C54H64Cl2N8O8. The maximum Gasteiger partial charge on any atom is 0.306 e. The van der Waals surface area contributed by atoms with Crippen LogP contribution in [0.5, 0.6) is 11.5 Å². The van der Waals surface area contributed by atoms with E-state index in [0.717, 1.165) is 47.8 Å². The zero-order valence-corrected chi connectivity index (χ0v) is 43.1. The summed E-state index contributed by atoms with van der Waals surface area (Å²) in [6.45, 7) is 8.94. The molecule has 5 aromatic rings. The van der Waals surface area contributed by atoms with Gasteiger partial charge in [-0.3, -0.25) is 29.0 Å². The van der Waals surface area contributed by atoms with Gasteiger partial charge < -0.3 is 39.5 Å². The van der Waals surface area contributed by atoms with Crippen LogP contribution in [0.25, 0.3) is 11.3 Å². The monoisotopic (exact) mass is 1020 g/mol. The third kappa shape index (κ3) is 12.4. The fraction of sp³-hybridized carbons (Fsp3) is 0.444. The van der Waals surface area contributed by atoms with E-state index in [9.17, 15) is 24.4 Å². The van der Waals surface area contributed by atoms with Crippen molar-refractivity contribution in [2.24, 2.45) is 13.0 Å². The maximum absolute atomic E-state index is 14.8. The van der Waals surface area contributed by atoms with Gasteiger partial charge >= 0.3 is 5.97 Å². The lowest BCUT2D eigenvalue weighted by atomic mass is 9.82. The molecule has 0 bridgehead atoms. The Morgan fingerprint density at radius 3 is 2.40 bits per heavy atom. The number of carbonyl (C=O) groups is 4. The van der Waals surface area contributed by atoms with Crippen molar-refractivity contribution in [1.29, 1.82) is 0 Å². The van der Waals surface area contributed by atoms with Crippen molar-refractivity contribution in [3.63, 3.8) is 0 Å². The predicted octanol–water partition coefficient (Wildman–Crippen LogP) is 7.00. The van der Waals surface area contributed by atoms with Crippen LogP contribution < -0.4 is 20.1 Å². The minimum absolute atomic E-state index is 0.0104. The van der Waals surface area contributed by atoms with Crippen LogP contribution in [0.4, 0.5) is 0 Å². The summed E-state index contributed by atoms with van der Waals surface area (Å²) in [7, 11) is 3.30. The van der Waals surface area contributed by atoms with E-state index in [1.807, 2.05) is 55.7 Å². The summed E-state index contributed by atoms with van der Waals surface area (Å²) in [5.74, 6) is -0.435. The molecule has 3 saturated heterocycles. The highest BCUT2D eigenvalue weighted by atomic mass is 35.5. The molecule has 8 rings (SSSR count). The number of hydrogen-bond donors (Lipinski definition) is 2. The molecule has 3 aliphatic heterocycles. The van der Waals surface area contributed by atoms with Gasteiger partial charge in [-0.1, -0.05) is 47.5 Å². The van der Waals surface area contributed by atoms with Crippen LogP contribution >= 0.6 is 23.2 Å². The number of esters is 1. The average molecular weight is 1020 g/mol. The van der Waals surface area contributed by atoms with Crippen LogP contribution in [0.15, 0.2) is 97.3 Å². The molecule has 18 heteroatoms. The average Bonchev–Trinajstić information content (AvgIpc) is 4.10. The number of carbonyl (C=O) groups excluding carboxylic acids is 4. The quantitative estimate of drug-likeness (QED) is 0.0526. The normalized spacial score (nSPS) is 19.7. The molecule has 2 aromatic heterocycles. The SMILES string of the molecule is COC(=O)C[C@@H](Cc1cccc[n+]1[O-])C(=O)N1CCC[C@](Cc2ccc(Cl)cc2)(NC(=O)[C@@H]2COC(C)(C)N2C(=O)[C@H](C)NCc2ccc(Cl)cc2Oc2ccc(-c3cnc(CN4CCCC4)n3C)cc2)C1. The van der Waals surface area contributed by atoms with Crippen molar-refractivity contribution < 1.29 is 38.1 Å². The van der Waals surface area contributed by atoms with Gasteiger partial charge in [-0.15, -0.1) is 0 Å². The number of nitrogens with zero attached hydrogens (tertiary/aromatic N) is 6. The molecule has 4 atom stereocenters. The number of rotatable bonds is 18. The first-order valence-electron chi connectivity index (χ1n) is 24.6. The topological polar surface area (TPSA) is 175 Å². The summed E-state index contributed by atoms with van der Waals surface area (Å²) in [6.07, 6.45) is 6.86. The van der Waals surface area contributed by atoms with Gasteiger partial charge in [-0.25, -0.2) is 4.98 Å². The molecule has 0 saturated carbocycles. The molecule has 72 heavy (non-hydrogen) atoms. The third-order valence-electron chi connectivity index (χ3n) is 14.1. The maximum atomic E-state index is 14.8. The standard InChI is InChI=1S/C54H64Cl2N8O8/c1-36(57-31-39-14-19-42(56)29-47(39)72-44-20-15-38(16-21-44)45-32-58-48(60(45)4)33-61-23-8-9-24-61)51(67)64-46(34-71-53(64,2)3)50(66)59-54(30-37-12-17-41(55)18-13-37)22-10-25-62(35-54)52(68)40(28-49(65)70-5)27-43-11-6-7-26-63(43)69/h6-7,11-21,26,29,32,36,40,46,57H,8-10,22-25,27-28,30-31,33-35H2,1-5H3,(H,59,66)/t36-,40+,46-,54+/m0/s1. The van der Waals surface area contributed by atoms with E-state index in [-0.39, 0.29) is 44.4 Å². The molecule has 5 heterocycles. The Bertz CT molecular complexity index is 2730. The second-order valence-electron chi connectivity index (χ2n) is 19.7. The van der Waals surface area contributed by atoms with Gasteiger partial charge in [0.25, 0.3) is 0 Å². The molecule has 2 N–H and O–H groups in total. The lowest BCUT2D eigenvalue weighted by Crippen LogP contribution is -2.65. The van der Waals surface area contributed by atoms with Gasteiger partial charge in [-0.05, 0) is 120 Å². The molecule has 16 nitrogen and oxygen atoms in total. The van der Waals surface area contributed by atoms with Gasteiger partial charge in [0.1, 0.15) is 29.1 Å². The molecule has 3 aliphatic rings. The Labute approximate surface area is 431 Å². The number of nitrogens with one attached hydrogen (secondary N) is 2. The Morgan fingerprint density at radius 2 is 1.68 bits per heavy atom. The molecule has 3 aromatic carbocycles. The Hall–Kier alpha value is -6.04. The summed E-state index contributed by atoms with van der Waals surface area (Å²) in [5, 5.41) is 20.4. The molecule has 0 aliphatic carbocycles. The molecule has 3 fully saturated rings. The van der Waals surface area contributed by atoms with Gasteiger partial charge in [0.2, 0.25) is 17.7 Å². The van der Waals surface area contributed by atoms with E-state index in [0.29, 0.717) is 57.8 Å². The van der Waals surface area contributed by atoms with E-state index in [1.54, 1.807) is 68.1 Å². The second-order valence-corrected chi connectivity index (χ2v) is 20.6. The summed E-state index contributed by atoms with van der Waals surface area (Å²) in [6, 6.07) is 23.6. The number of methoxy groups -OCH3 is 1. The highest BCUT2D eigenvalue weighted by Crippen LogP contribution is 2.34. The minimum atomic E-state index is -1.14. The van der Waals surface area contributed by atoms with Crippen molar-refractivity contribution in [3.05, 3.63) is 135 Å². The molecule has 0 spiro atoms. The molecule has 382 valence electrons. The first kappa shape index (κ1) is 52.3. The largest absolute Gasteiger partial charge is 0.619 e. The van der Waals surface area contributed by atoms with Crippen molar-refractivity contribution in [2.45, 2.75) is 102 Å². The highest BCUT2D eigenvalue weighted by molar-refractivity contribution is 6.31. The number of halogens is 2. The number of ether oxygens (including phenoxy) is 3. The van der Waals surface area contributed by atoms with Crippen LogP contribution in [-0.4, -0.2) is 111 Å². The zero-order valence-electron chi connectivity index (χ0n) is 41.6. The predicted molar refractivity (Wildman–Crippen MR) is 273 cm³/mol. The van der Waals surface area contributed by atoms with Crippen molar-refractivity contribution in [3.8, 4) is 22.8 Å². The van der Waals surface area contributed by atoms with E-state index in [4.69, 9.17) is 42.4 Å². The first-order chi connectivity index (χ1) is 34.5. The van der Waals surface area contributed by atoms with E-state index in [1.165, 1.54) is 31.0 Å². The number of pyridine rings is 1.